The molecule has 55 heavy (non-hydrogen) atoms. The topological polar surface area (TPSA) is 24.9 Å². The molecule has 0 amide bonds. The second-order valence-corrected chi connectivity index (χ2v) is 20.1. The molecule has 0 spiro atoms. The standard InChI is InChI=1S/C49H53BN2O2S/c1-28-23-38-43-39(24-28)52(44-29(2)25-40-45(30(44)3)54-22-21-53-40)46-42(35-26-32(48(7,8)9)16-20-41(35)55-46)50(43)36-27-33(49(10,11)12)15-19-37(36)51(38)34-17-13-31(14-18-34)47(4,5)6/h13-20,23-27H,21-22H2,1-12H3. The van der Waals surface area contributed by atoms with Crippen LogP contribution in [0.15, 0.2) is 78.9 Å². The molecule has 3 aliphatic rings. The zero-order valence-electron chi connectivity index (χ0n) is 34.6. The van der Waals surface area contributed by atoms with Gasteiger partial charge in [-0.15, -0.1) is 11.3 Å². The first-order valence-electron chi connectivity index (χ1n) is 19.9. The Balaban J connectivity index is 1.42. The van der Waals surface area contributed by atoms with Gasteiger partial charge >= 0.3 is 0 Å². The summed E-state index contributed by atoms with van der Waals surface area (Å²) in [6.07, 6.45) is 0. The molecule has 0 radical (unpaired) electrons. The van der Waals surface area contributed by atoms with Crippen LogP contribution >= 0.6 is 11.3 Å². The smallest absolute Gasteiger partial charge is 0.254 e. The molecular weight excluding hydrogens is 691 g/mol. The maximum absolute atomic E-state index is 6.37. The van der Waals surface area contributed by atoms with E-state index < -0.39 is 0 Å². The number of ether oxygens (including phenoxy) is 2. The highest BCUT2D eigenvalue weighted by atomic mass is 32.1. The Kier molecular flexibility index (Phi) is 7.96. The van der Waals surface area contributed by atoms with E-state index in [1.54, 1.807) is 0 Å². The highest BCUT2D eigenvalue weighted by molar-refractivity contribution is 7.26. The van der Waals surface area contributed by atoms with Crippen LogP contribution in [0.3, 0.4) is 0 Å². The van der Waals surface area contributed by atoms with E-state index in [1.807, 2.05) is 11.3 Å². The Labute approximate surface area is 332 Å². The van der Waals surface area contributed by atoms with Gasteiger partial charge in [-0.2, -0.15) is 0 Å². The van der Waals surface area contributed by atoms with Crippen LogP contribution in [-0.4, -0.2) is 19.9 Å². The van der Waals surface area contributed by atoms with Crippen molar-refractivity contribution in [3.8, 4) is 11.5 Å². The third-order valence-corrected chi connectivity index (χ3v) is 13.2. The Hall–Kier alpha value is -4.68. The molecule has 5 aromatic carbocycles. The van der Waals surface area contributed by atoms with Crippen LogP contribution in [0.25, 0.3) is 10.1 Å². The lowest BCUT2D eigenvalue weighted by molar-refractivity contribution is 0.170. The summed E-state index contributed by atoms with van der Waals surface area (Å²) in [7, 11) is 0. The van der Waals surface area contributed by atoms with Crippen molar-refractivity contribution in [2.24, 2.45) is 0 Å². The Morgan fingerprint density at radius 2 is 1.20 bits per heavy atom. The van der Waals surface area contributed by atoms with Gasteiger partial charge in [0.25, 0.3) is 6.71 Å². The second-order valence-electron chi connectivity index (χ2n) is 19.1. The summed E-state index contributed by atoms with van der Waals surface area (Å²) in [6, 6.07) is 30.8. The lowest BCUT2D eigenvalue weighted by atomic mass is 9.33. The molecule has 0 bridgehead atoms. The molecule has 4 nitrogen and oxygen atoms in total. The Bertz CT molecular complexity index is 2550. The maximum atomic E-state index is 6.37. The number of thiophene rings is 1. The van der Waals surface area contributed by atoms with Gasteiger partial charge in [0.2, 0.25) is 0 Å². The first-order chi connectivity index (χ1) is 25.9. The number of benzene rings is 5. The second kappa shape index (κ2) is 12.2. The summed E-state index contributed by atoms with van der Waals surface area (Å²) in [6.45, 7) is 28.7. The Morgan fingerprint density at radius 3 is 1.87 bits per heavy atom. The molecule has 9 rings (SSSR count). The molecule has 0 aliphatic carbocycles. The molecule has 0 unspecified atom stereocenters. The maximum Gasteiger partial charge on any atom is 0.254 e. The van der Waals surface area contributed by atoms with E-state index in [4.69, 9.17) is 9.47 Å². The zero-order valence-corrected chi connectivity index (χ0v) is 35.4. The molecule has 1 aromatic heterocycles. The van der Waals surface area contributed by atoms with Crippen molar-refractivity contribution in [1.82, 2.24) is 0 Å². The molecule has 0 fully saturated rings. The van der Waals surface area contributed by atoms with E-state index in [0.717, 1.165) is 17.1 Å². The number of anilines is 6. The zero-order chi connectivity index (χ0) is 38.9. The van der Waals surface area contributed by atoms with Crippen LogP contribution < -0.4 is 35.7 Å². The average Bonchev–Trinajstić information content (AvgIpc) is 3.49. The SMILES string of the molecule is Cc1cc2c3c(c1)N(c1c(C)cc4c(c1C)OCCO4)c1sc4ccc(C(C)(C)C)cc4c1B3c1cc(C(C)(C)C)ccc1N2c1ccc(C(C)(C)C)cc1. The fourth-order valence-electron chi connectivity index (χ4n) is 9.05. The number of rotatable bonds is 2. The number of nitrogens with zero attached hydrogens (tertiary/aromatic N) is 2. The highest BCUT2D eigenvalue weighted by Gasteiger charge is 2.46. The summed E-state index contributed by atoms with van der Waals surface area (Å²) in [5, 5.41) is 2.63. The summed E-state index contributed by atoms with van der Waals surface area (Å²) in [5.74, 6) is 1.69. The number of aryl methyl sites for hydroxylation is 2. The van der Waals surface area contributed by atoms with E-state index >= 15 is 0 Å². The van der Waals surface area contributed by atoms with Crippen molar-refractivity contribution in [2.45, 2.75) is 99.3 Å². The molecule has 0 saturated carbocycles. The first-order valence-corrected chi connectivity index (χ1v) is 20.7. The van der Waals surface area contributed by atoms with E-state index in [2.05, 4.69) is 172 Å². The monoisotopic (exact) mass is 744 g/mol. The molecule has 3 aliphatic heterocycles. The minimum Gasteiger partial charge on any atom is -0.486 e. The molecule has 6 heteroatoms. The predicted octanol–water partition coefficient (Wildman–Crippen LogP) is 11.6. The Morgan fingerprint density at radius 1 is 0.600 bits per heavy atom. The van der Waals surface area contributed by atoms with Gasteiger partial charge in [-0.1, -0.05) is 98.7 Å². The van der Waals surface area contributed by atoms with E-state index in [1.165, 1.54) is 87.7 Å². The lowest BCUT2D eigenvalue weighted by Crippen LogP contribution is -2.61. The van der Waals surface area contributed by atoms with Gasteiger partial charge in [0.1, 0.15) is 13.2 Å². The van der Waals surface area contributed by atoms with Crippen LogP contribution in [-0.2, 0) is 16.2 Å². The van der Waals surface area contributed by atoms with Crippen LogP contribution in [0.4, 0.5) is 33.4 Å². The number of hydrogen-bond donors (Lipinski definition) is 0. The van der Waals surface area contributed by atoms with Gasteiger partial charge < -0.3 is 19.3 Å². The lowest BCUT2D eigenvalue weighted by Gasteiger charge is -2.44. The minimum absolute atomic E-state index is 0.0102. The fourth-order valence-corrected chi connectivity index (χ4v) is 10.3. The molecule has 4 heterocycles. The third-order valence-electron chi connectivity index (χ3n) is 12.0. The van der Waals surface area contributed by atoms with Crippen molar-refractivity contribution in [2.75, 3.05) is 23.0 Å². The van der Waals surface area contributed by atoms with Crippen molar-refractivity contribution in [1.29, 1.82) is 0 Å². The predicted molar refractivity (Wildman–Crippen MR) is 237 cm³/mol. The van der Waals surface area contributed by atoms with Crippen molar-refractivity contribution >= 4 is 78.0 Å². The van der Waals surface area contributed by atoms with Gasteiger partial charge in [0, 0.05) is 33.0 Å². The van der Waals surface area contributed by atoms with E-state index in [0.29, 0.717) is 13.2 Å². The summed E-state index contributed by atoms with van der Waals surface area (Å²) < 4.78 is 13.9. The molecule has 6 aromatic rings. The van der Waals surface area contributed by atoms with Gasteiger partial charge in [-0.05, 0) is 129 Å². The summed E-state index contributed by atoms with van der Waals surface area (Å²) in [4.78, 5) is 5.12. The van der Waals surface area contributed by atoms with Crippen molar-refractivity contribution in [3.05, 3.63) is 112 Å². The van der Waals surface area contributed by atoms with Crippen LogP contribution in [0.1, 0.15) is 95.7 Å². The molecule has 0 saturated heterocycles. The van der Waals surface area contributed by atoms with E-state index in [-0.39, 0.29) is 23.0 Å². The third kappa shape index (κ3) is 5.61. The van der Waals surface area contributed by atoms with Gasteiger partial charge in [0.05, 0.1) is 10.7 Å². The number of fused-ring (bicyclic) bond motifs is 7. The fraction of sp³-hybridized carbons (Fsp3) is 0.347. The quantitative estimate of drug-likeness (QED) is 0.165. The van der Waals surface area contributed by atoms with Crippen LogP contribution in [0, 0.1) is 20.8 Å². The molecule has 0 atom stereocenters. The first kappa shape index (κ1) is 36.0. The highest BCUT2D eigenvalue weighted by Crippen LogP contribution is 2.52. The van der Waals surface area contributed by atoms with Crippen LogP contribution in [0.2, 0.25) is 0 Å². The van der Waals surface area contributed by atoms with Gasteiger partial charge in [-0.25, -0.2) is 0 Å². The normalized spacial score (nSPS) is 14.9. The molecular formula is C49H53BN2O2S. The van der Waals surface area contributed by atoms with Gasteiger partial charge in [-0.3, -0.25) is 0 Å². The van der Waals surface area contributed by atoms with Crippen LogP contribution in [0.5, 0.6) is 11.5 Å². The summed E-state index contributed by atoms with van der Waals surface area (Å²) in [5.41, 5.74) is 17.8. The average molecular weight is 745 g/mol. The molecule has 0 N–H and O–H groups in total. The largest absolute Gasteiger partial charge is 0.486 e. The van der Waals surface area contributed by atoms with Gasteiger partial charge in [0.15, 0.2) is 11.5 Å². The van der Waals surface area contributed by atoms with Crippen molar-refractivity contribution < 1.29 is 9.47 Å². The minimum atomic E-state index is -0.0102. The molecule has 280 valence electrons. The number of hydrogen-bond acceptors (Lipinski definition) is 5. The van der Waals surface area contributed by atoms with E-state index in [9.17, 15) is 0 Å². The summed E-state index contributed by atoms with van der Waals surface area (Å²) >= 11 is 1.92. The van der Waals surface area contributed by atoms with Crippen molar-refractivity contribution in [3.63, 3.8) is 0 Å².